The molecule has 2 saturated heterocycles. The van der Waals surface area contributed by atoms with Crippen molar-refractivity contribution in [2.75, 3.05) is 39.3 Å². The van der Waals surface area contributed by atoms with Gasteiger partial charge >= 0.3 is 0 Å². The van der Waals surface area contributed by atoms with Crippen molar-refractivity contribution in [3.63, 3.8) is 0 Å². The van der Waals surface area contributed by atoms with Gasteiger partial charge in [0.25, 0.3) is 15.9 Å². The summed E-state index contributed by atoms with van der Waals surface area (Å²) in [6, 6.07) is 2.48. The van der Waals surface area contributed by atoms with Gasteiger partial charge in [-0.2, -0.15) is 4.31 Å². The number of carbonyl (C=O) groups excluding carboxylic acids is 2. The average molecular weight is 433 g/mol. The molecule has 0 radical (unpaired) electrons. The van der Waals surface area contributed by atoms with Crippen molar-refractivity contribution in [3.05, 3.63) is 17.9 Å². The van der Waals surface area contributed by atoms with Crippen molar-refractivity contribution in [3.8, 4) is 0 Å². The van der Waals surface area contributed by atoms with Gasteiger partial charge in [0.1, 0.15) is 0 Å². The quantitative estimate of drug-likeness (QED) is 0.690. The fraction of sp³-hybridized carbons (Fsp3) is 0.647. The van der Waals surface area contributed by atoms with E-state index in [0.717, 1.165) is 32.4 Å². The Bertz CT molecular complexity index is 857. The summed E-state index contributed by atoms with van der Waals surface area (Å²) >= 11 is 0. The molecule has 4 rings (SSSR count). The molecule has 28 heavy (non-hydrogen) atoms. The number of rotatable bonds is 4. The summed E-state index contributed by atoms with van der Waals surface area (Å²) in [4.78, 5) is 25.7. The first-order valence-electron chi connectivity index (χ1n) is 9.23. The van der Waals surface area contributed by atoms with E-state index in [9.17, 15) is 18.0 Å². The molecule has 0 aromatic carbocycles. The summed E-state index contributed by atoms with van der Waals surface area (Å²) in [7, 11) is -3.84. The van der Waals surface area contributed by atoms with Crippen LogP contribution in [0.4, 0.5) is 0 Å². The highest BCUT2D eigenvalue weighted by atomic mass is 35.5. The molecule has 1 atom stereocenters. The zero-order chi connectivity index (χ0) is 19.2. The number of hydrogen-bond acceptors (Lipinski definition) is 6. The number of halogens is 1. The van der Waals surface area contributed by atoms with E-state index in [-0.39, 0.29) is 53.6 Å². The Balaban J connectivity index is 0.00000225. The number of furan rings is 1. The third-order valence-corrected chi connectivity index (χ3v) is 7.83. The van der Waals surface area contributed by atoms with Crippen molar-refractivity contribution < 1.29 is 22.4 Å². The molecule has 1 unspecified atom stereocenters. The molecule has 2 amide bonds. The van der Waals surface area contributed by atoms with Crippen LogP contribution in [0.5, 0.6) is 0 Å². The maximum atomic E-state index is 12.8. The molecule has 0 bridgehead atoms. The molecule has 156 valence electrons. The molecule has 1 spiro atoms. The smallest absolute Gasteiger partial charge is 0.284 e. The van der Waals surface area contributed by atoms with Crippen LogP contribution in [-0.4, -0.2) is 68.7 Å². The van der Waals surface area contributed by atoms with E-state index in [1.54, 1.807) is 4.90 Å². The zero-order valence-corrected chi connectivity index (χ0v) is 17.1. The van der Waals surface area contributed by atoms with Crippen LogP contribution in [0.1, 0.15) is 29.8 Å². The second-order valence-corrected chi connectivity index (χ2v) is 9.45. The third kappa shape index (κ3) is 3.66. The van der Waals surface area contributed by atoms with E-state index in [0.29, 0.717) is 13.1 Å². The van der Waals surface area contributed by atoms with Crippen LogP contribution in [0, 0.1) is 11.3 Å². The number of nitrogens with one attached hydrogen (secondary N) is 1. The van der Waals surface area contributed by atoms with Crippen LogP contribution in [0.2, 0.25) is 0 Å². The van der Waals surface area contributed by atoms with Gasteiger partial charge < -0.3 is 20.4 Å². The van der Waals surface area contributed by atoms with Gasteiger partial charge in [-0.05, 0) is 49.9 Å². The summed E-state index contributed by atoms with van der Waals surface area (Å²) < 4.78 is 31.7. The van der Waals surface area contributed by atoms with Gasteiger partial charge in [-0.3, -0.25) is 9.59 Å². The summed E-state index contributed by atoms with van der Waals surface area (Å²) in [5.74, 6) is -0.763. The van der Waals surface area contributed by atoms with Crippen molar-refractivity contribution in [2.24, 2.45) is 17.1 Å². The minimum absolute atomic E-state index is 0. The standard InChI is InChI=1S/C17H24N4O5S.ClH/c18-15(22)13-1-2-14(26-13)27(24,25)21-9-7-20(8-10-21)16(23)12-11-17(12)3-5-19-6-4-17;/h1-2,12,19H,3-11H2,(H2,18,22);1H. The van der Waals surface area contributed by atoms with E-state index in [4.69, 9.17) is 10.2 Å². The van der Waals surface area contributed by atoms with Gasteiger partial charge in [0.15, 0.2) is 5.76 Å². The Morgan fingerprint density at radius 1 is 1.14 bits per heavy atom. The average Bonchev–Trinajstić information content (AvgIpc) is 3.11. The summed E-state index contributed by atoms with van der Waals surface area (Å²) in [6.07, 6.45) is 3.03. The topological polar surface area (TPSA) is 126 Å². The Morgan fingerprint density at radius 3 is 2.36 bits per heavy atom. The van der Waals surface area contributed by atoms with Gasteiger partial charge in [-0.15, -0.1) is 12.4 Å². The number of sulfonamides is 1. The first-order chi connectivity index (χ1) is 12.8. The molecule has 1 aliphatic carbocycles. The molecule has 1 aromatic heterocycles. The lowest BCUT2D eigenvalue weighted by Gasteiger charge is -2.34. The Hall–Kier alpha value is -1.62. The molecule has 11 heteroatoms. The monoisotopic (exact) mass is 432 g/mol. The van der Waals surface area contributed by atoms with Crippen LogP contribution < -0.4 is 11.1 Å². The number of hydrogen-bond donors (Lipinski definition) is 2. The lowest BCUT2D eigenvalue weighted by atomic mass is 9.91. The van der Waals surface area contributed by atoms with Gasteiger partial charge in [-0.1, -0.05) is 0 Å². The van der Waals surface area contributed by atoms with Crippen molar-refractivity contribution in [1.29, 1.82) is 0 Å². The minimum atomic E-state index is -3.84. The second kappa shape index (κ2) is 7.66. The molecule has 3 aliphatic rings. The number of primary amides is 1. The molecule has 3 heterocycles. The minimum Gasteiger partial charge on any atom is -0.438 e. The number of piperidine rings is 1. The van der Waals surface area contributed by atoms with Crippen LogP contribution >= 0.6 is 12.4 Å². The van der Waals surface area contributed by atoms with E-state index in [1.165, 1.54) is 16.4 Å². The largest absolute Gasteiger partial charge is 0.438 e. The SMILES string of the molecule is Cl.NC(=O)c1ccc(S(=O)(=O)N2CCN(C(=O)C3CC34CCNCC4)CC2)o1. The predicted octanol–water partition coefficient (Wildman–Crippen LogP) is 0.0229. The van der Waals surface area contributed by atoms with E-state index in [2.05, 4.69) is 5.32 Å². The molecule has 9 nitrogen and oxygen atoms in total. The van der Waals surface area contributed by atoms with Crippen LogP contribution in [-0.2, 0) is 14.8 Å². The molecule has 3 N–H and O–H groups in total. The molecule has 2 aliphatic heterocycles. The fourth-order valence-electron chi connectivity index (χ4n) is 4.26. The Labute approximate surface area is 170 Å². The van der Waals surface area contributed by atoms with Crippen molar-refractivity contribution in [1.82, 2.24) is 14.5 Å². The van der Waals surface area contributed by atoms with Gasteiger partial charge in [0.2, 0.25) is 11.0 Å². The van der Waals surface area contributed by atoms with E-state index < -0.39 is 15.9 Å². The fourth-order valence-corrected chi connectivity index (χ4v) is 5.60. The highest BCUT2D eigenvalue weighted by molar-refractivity contribution is 7.89. The summed E-state index contributed by atoms with van der Waals surface area (Å²) in [5, 5.41) is 3.03. The first-order valence-corrected chi connectivity index (χ1v) is 10.7. The number of amides is 2. The van der Waals surface area contributed by atoms with E-state index in [1.807, 2.05) is 0 Å². The lowest BCUT2D eigenvalue weighted by Crippen LogP contribution is -2.51. The lowest BCUT2D eigenvalue weighted by molar-refractivity contribution is -0.134. The number of nitrogens with two attached hydrogens (primary N) is 1. The maximum absolute atomic E-state index is 12.8. The molecule has 1 saturated carbocycles. The summed E-state index contributed by atoms with van der Waals surface area (Å²) in [6.45, 7) is 3.08. The molecular weight excluding hydrogens is 408 g/mol. The molecule has 1 aromatic rings. The van der Waals surface area contributed by atoms with Gasteiger partial charge in [0, 0.05) is 32.1 Å². The predicted molar refractivity (Wildman–Crippen MR) is 102 cm³/mol. The Morgan fingerprint density at radius 2 is 1.79 bits per heavy atom. The Kier molecular flexibility index (Phi) is 5.77. The highest BCUT2D eigenvalue weighted by Gasteiger charge is 2.58. The number of piperazine rings is 1. The first kappa shape index (κ1) is 21.1. The van der Waals surface area contributed by atoms with Crippen molar-refractivity contribution in [2.45, 2.75) is 24.4 Å². The molecular formula is C17H25ClN4O5S. The second-order valence-electron chi connectivity index (χ2n) is 7.58. The van der Waals surface area contributed by atoms with Crippen LogP contribution in [0.3, 0.4) is 0 Å². The number of carbonyl (C=O) groups is 2. The van der Waals surface area contributed by atoms with E-state index >= 15 is 0 Å². The summed E-state index contributed by atoms with van der Waals surface area (Å²) in [5.41, 5.74) is 5.28. The van der Waals surface area contributed by atoms with Crippen LogP contribution in [0.25, 0.3) is 0 Å². The number of nitrogens with zero attached hydrogens (tertiary/aromatic N) is 2. The maximum Gasteiger partial charge on any atom is 0.284 e. The van der Waals surface area contributed by atoms with Crippen molar-refractivity contribution >= 4 is 34.2 Å². The highest BCUT2D eigenvalue weighted by Crippen LogP contribution is 2.59. The van der Waals surface area contributed by atoms with Crippen LogP contribution in [0.15, 0.2) is 21.6 Å². The van der Waals surface area contributed by atoms with Gasteiger partial charge in [-0.25, -0.2) is 8.42 Å². The van der Waals surface area contributed by atoms with Gasteiger partial charge in [0.05, 0.1) is 0 Å². The third-order valence-electron chi connectivity index (χ3n) is 6.06. The zero-order valence-electron chi connectivity index (χ0n) is 15.4. The molecule has 3 fully saturated rings. The normalized spacial score (nSPS) is 24.6.